The maximum Gasteiger partial charge on any atom is 0.226 e. The summed E-state index contributed by atoms with van der Waals surface area (Å²) in [6.07, 6.45) is 2.70. The summed E-state index contributed by atoms with van der Waals surface area (Å²) >= 11 is 0. The van der Waals surface area contributed by atoms with Crippen LogP contribution >= 0.6 is 0 Å². The minimum Gasteiger partial charge on any atom is -0.391 e. The molecule has 8 heteroatoms. The summed E-state index contributed by atoms with van der Waals surface area (Å²) in [6.45, 7) is 2.35. The lowest BCUT2D eigenvalue weighted by Gasteiger charge is -2.23. The number of rotatable bonds is 9. The summed E-state index contributed by atoms with van der Waals surface area (Å²) < 4.78 is 24.8. The number of nitrogens with zero attached hydrogens (tertiary/aromatic N) is 2. The highest BCUT2D eigenvalue weighted by atomic mass is 32.2. The van der Waals surface area contributed by atoms with Crippen LogP contribution in [0.3, 0.4) is 0 Å². The number of anilines is 1. The lowest BCUT2D eigenvalue weighted by atomic mass is 10.1. The van der Waals surface area contributed by atoms with Crippen LogP contribution < -0.4 is 9.62 Å². The second-order valence-corrected chi connectivity index (χ2v) is 10.0. The average Bonchev–Trinajstić information content (AvgIpc) is 3.17. The van der Waals surface area contributed by atoms with Gasteiger partial charge < -0.3 is 14.9 Å². The van der Waals surface area contributed by atoms with Gasteiger partial charge in [-0.3, -0.25) is 4.79 Å². The zero-order valence-corrected chi connectivity index (χ0v) is 18.9. The van der Waals surface area contributed by atoms with Gasteiger partial charge in [0.05, 0.1) is 18.8 Å². The maximum atomic E-state index is 12.7. The molecule has 2 N–H and O–H groups in total. The molecule has 2 aromatic carbocycles. The molecule has 3 rings (SSSR count). The van der Waals surface area contributed by atoms with Gasteiger partial charge >= 0.3 is 0 Å². The first-order valence-electron chi connectivity index (χ1n) is 10.5. The SMILES string of the molecule is CN(CCc1ccccc1N1CC[C@H](O)C1)C(=O)Cc1ccc(CNS(C)(=O)=O)cc1. The van der Waals surface area contributed by atoms with Crippen molar-refractivity contribution in [3.8, 4) is 0 Å². The summed E-state index contributed by atoms with van der Waals surface area (Å²) in [7, 11) is -1.42. The van der Waals surface area contributed by atoms with Crippen LogP contribution in [0.1, 0.15) is 23.1 Å². The molecule has 0 radical (unpaired) electrons. The van der Waals surface area contributed by atoms with Gasteiger partial charge in [-0.1, -0.05) is 42.5 Å². The third-order valence-corrected chi connectivity index (χ3v) is 6.22. The Kier molecular flexibility index (Phi) is 7.69. The number of benzene rings is 2. The molecular formula is C23H31N3O4S. The first-order valence-corrected chi connectivity index (χ1v) is 12.4. The van der Waals surface area contributed by atoms with Crippen LogP contribution in [-0.4, -0.2) is 63.4 Å². The van der Waals surface area contributed by atoms with Crippen molar-refractivity contribution in [2.45, 2.75) is 31.9 Å². The van der Waals surface area contributed by atoms with Crippen molar-refractivity contribution in [2.75, 3.05) is 37.8 Å². The van der Waals surface area contributed by atoms with Gasteiger partial charge in [-0.25, -0.2) is 13.1 Å². The van der Waals surface area contributed by atoms with E-state index in [-0.39, 0.29) is 18.6 Å². The van der Waals surface area contributed by atoms with Crippen molar-refractivity contribution in [1.82, 2.24) is 9.62 Å². The molecule has 0 bridgehead atoms. The molecule has 7 nitrogen and oxygen atoms in total. The molecule has 0 aromatic heterocycles. The number of β-amino-alcohol motifs (C(OH)–C–C–N with tert-alkyl or cyclic N) is 1. The molecule has 0 aliphatic carbocycles. The van der Waals surface area contributed by atoms with Gasteiger partial charge in [0, 0.05) is 38.9 Å². The predicted molar refractivity (Wildman–Crippen MR) is 122 cm³/mol. The molecule has 0 saturated carbocycles. The zero-order valence-electron chi connectivity index (χ0n) is 18.1. The highest BCUT2D eigenvalue weighted by Gasteiger charge is 2.22. The molecule has 1 saturated heterocycles. The van der Waals surface area contributed by atoms with Crippen molar-refractivity contribution >= 4 is 21.6 Å². The number of nitrogens with one attached hydrogen (secondary N) is 1. The number of hydrogen-bond donors (Lipinski definition) is 2. The van der Waals surface area contributed by atoms with Crippen LogP contribution in [0.25, 0.3) is 0 Å². The van der Waals surface area contributed by atoms with Gasteiger partial charge in [0.25, 0.3) is 0 Å². The van der Waals surface area contributed by atoms with Crippen molar-refractivity contribution < 1.29 is 18.3 Å². The number of aliphatic hydroxyl groups excluding tert-OH is 1. The fourth-order valence-corrected chi connectivity index (χ4v) is 4.13. The molecule has 1 heterocycles. The van der Waals surface area contributed by atoms with Crippen LogP contribution in [0.15, 0.2) is 48.5 Å². The van der Waals surface area contributed by atoms with Crippen LogP contribution in [-0.2, 0) is 34.2 Å². The topological polar surface area (TPSA) is 89.9 Å². The monoisotopic (exact) mass is 445 g/mol. The van der Waals surface area contributed by atoms with Gasteiger partial charge in [-0.05, 0) is 35.6 Å². The molecule has 168 valence electrons. The Labute approximate surface area is 184 Å². The van der Waals surface area contributed by atoms with Crippen molar-refractivity contribution in [2.24, 2.45) is 0 Å². The summed E-state index contributed by atoms with van der Waals surface area (Å²) in [4.78, 5) is 16.6. The molecular weight excluding hydrogens is 414 g/mol. The Bertz CT molecular complexity index is 992. The summed E-state index contributed by atoms with van der Waals surface area (Å²) in [5.74, 6) is 0.0380. The highest BCUT2D eigenvalue weighted by molar-refractivity contribution is 7.88. The minimum atomic E-state index is -3.23. The van der Waals surface area contributed by atoms with Gasteiger partial charge in [0.2, 0.25) is 15.9 Å². The molecule has 0 unspecified atom stereocenters. The molecule has 31 heavy (non-hydrogen) atoms. The van der Waals surface area contributed by atoms with Gasteiger partial charge in [0.1, 0.15) is 0 Å². The molecule has 0 spiro atoms. The fourth-order valence-electron chi connectivity index (χ4n) is 3.70. The Morgan fingerprint density at radius 3 is 2.48 bits per heavy atom. The summed E-state index contributed by atoms with van der Waals surface area (Å²) in [5.41, 5.74) is 4.06. The van der Waals surface area contributed by atoms with E-state index in [1.54, 1.807) is 4.90 Å². The largest absolute Gasteiger partial charge is 0.391 e. The summed E-state index contributed by atoms with van der Waals surface area (Å²) in [6, 6.07) is 15.6. The Morgan fingerprint density at radius 2 is 1.84 bits per heavy atom. The summed E-state index contributed by atoms with van der Waals surface area (Å²) in [5, 5.41) is 9.84. The molecule has 1 amide bonds. The van der Waals surface area contributed by atoms with Crippen LogP contribution in [0.2, 0.25) is 0 Å². The predicted octanol–water partition coefficient (Wildman–Crippen LogP) is 1.55. The van der Waals surface area contributed by atoms with Crippen LogP contribution in [0.4, 0.5) is 5.69 Å². The van der Waals surface area contributed by atoms with Gasteiger partial charge in [-0.2, -0.15) is 0 Å². The third-order valence-electron chi connectivity index (χ3n) is 5.55. The van der Waals surface area contributed by atoms with Crippen molar-refractivity contribution in [3.63, 3.8) is 0 Å². The first kappa shape index (κ1) is 23.2. The van der Waals surface area contributed by atoms with E-state index < -0.39 is 10.0 Å². The third kappa shape index (κ3) is 7.05. The smallest absolute Gasteiger partial charge is 0.226 e. The number of likely N-dealkylation sites (N-methyl/N-ethyl adjacent to an activating group) is 1. The normalized spacial score (nSPS) is 16.5. The van der Waals surface area contributed by atoms with E-state index in [0.29, 0.717) is 19.5 Å². The number of sulfonamides is 1. The molecule has 1 aliphatic heterocycles. The maximum absolute atomic E-state index is 12.7. The van der Waals surface area contributed by atoms with E-state index in [1.807, 2.05) is 43.4 Å². The highest BCUT2D eigenvalue weighted by Crippen LogP contribution is 2.25. The lowest BCUT2D eigenvalue weighted by Crippen LogP contribution is -2.30. The molecule has 1 fully saturated rings. The molecule has 1 aliphatic rings. The minimum absolute atomic E-state index is 0.0380. The zero-order chi connectivity index (χ0) is 22.4. The van der Waals surface area contributed by atoms with E-state index in [4.69, 9.17) is 0 Å². The van der Waals surface area contributed by atoms with Crippen LogP contribution in [0.5, 0.6) is 0 Å². The van der Waals surface area contributed by atoms with Crippen molar-refractivity contribution in [3.05, 3.63) is 65.2 Å². The Hall–Kier alpha value is -2.42. The number of para-hydroxylation sites is 1. The van der Waals surface area contributed by atoms with Gasteiger partial charge in [0.15, 0.2) is 0 Å². The second kappa shape index (κ2) is 10.3. The molecule has 1 atom stereocenters. The lowest BCUT2D eigenvalue weighted by molar-refractivity contribution is -0.129. The van der Waals surface area contributed by atoms with E-state index in [2.05, 4.69) is 21.8 Å². The average molecular weight is 446 g/mol. The van der Waals surface area contributed by atoms with Gasteiger partial charge in [-0.15, -0.1) is 0 Å². The molecule has 2 aromatic rings. The number of hydrogen-bond acceptors (Lipinski definition) is 5. The van der Waals surface area contributed by atoms with E-state index >= 15 is 0 Å². The van der Waals surface area contributed by atoms with Crippen LogP contribution in [0, 0.1) is 0 Å². The first-order chi connectivity index (χ1) is 14.7. The quantitative estimate of drug-likeness (QED) is 0.611. The van der Waals surface area contributed by atoms with E-state index in [9.17, 15) is 18.3 Å². The number of amides is 1. The van der Waals surface area contributed by atoms with E-state index in [1.165, 1.54) is 5.56 Å². The Morgan fingerprint density at radius 1 is 1.16 bits per heavy atom. The standard InChI is InChI=1S/C23H31N3O4S/c1-25(13-11-20-5-3-4-6-22(20)26-14-12-21(27)17-26)23(28)15-18-7-9-19(10-8-18)16-24-31(2,29)30/h3-10,21,24,27H,11-17H2,1-2H3/t21-/m0/s1. The Balaban J connectivity index is 1.52. The van der Waals surface area contributed by atoms with Crippen molar-refractivity contribution in [1.29, 1.82) is 0 Å². The second-order valence-electron chi connectivity index (χ2n) is 8.17. The number of carbonyl (C=O) groups excluding carboxylic acids is 1. The number of aliphatic hydroxyl groups is 1. The number of carbonyl (C=O) groups is 1. The fraction of sp³-hybridized carbons (Fsp3) is 0.435. The van der Waals surface area contributed by atoms with E-state index in [0.717, 1.165) is 42.5 Å².